The van der Waals surface area contributed by atoms with Crippen molar-refractivity contribution in [3.8, 4) is 0 Å². The van der Waals surface area contributed by atoms with Crippen LogP contribution in [0.5, 0.6) is 0 Å². The van der Waals surface area contributed by atoms with Crippen molar-refractivity contribution in [1.29, 1.82) is 0 Å². The maximum absolute atomic E-state index is 10.2. The Morgan fingerprint density at radius 2 is 2.12 bits per heavy atom. The molecule has 0 bridgehead atoms. The summed E-state index contributed by atoms with van der Waals surface area (Å²) in [5.74, 6) is 0. The van der Waals surface area contributed by atoms with Gasteiger partial charge in [0.05, 0.1) is 5.60 Å². The molecule has 1 heterocycles. The van der Waals surface area contributed by atoms with E-state index in [-0.39, 0.29) is 0 Å². The second kappa shape index (κ2) is 6.58. The van der Waals surface area contributed by atoms with E-state index in [1.807, 2.05) is 13.8 Å². The van der Waals surface area contributed by atoms with E-state index < -0.39 is 5.60 Å². The number of aliphatic hydroxyl groups is 1. The largest absolute Gasteiger partial charge is 0.389 e. The number of hydrogen-bond donors (Lipinski definition) is 3. The summed E-state index contributed by atoms with van der Waals surface area (Å²) in [7, 11) is 0. The van der Waals surface area contributed by atoms with Gasteiger partial charge in [0.1, 0.15) is 0 Å². The van der Waals surface area contributed by atoms with Crippen molar-refractivity contribution >= 4 is 0 Å². The van der Waals surface area contributed by atoms with Gasteiger partial charge in [-0.15, -0.1) is 0 Å². The fourth-order valence-corrected chi connectivity index (χ4v) is 2.33. The summed E-state index contributed by atoms with van der Waals surface area (Å²) in [6.07, 6.45) is 5.43. The van der Waals surface area contributed by atoms with Crippen LogP contribution in [0.25, 0.3) is 0 Å². The van der Waals surface area contributed by atoms with Crippen molar-refractivity contribution < 1.29 is 5.11 Å². The molecule has 0 radical (unpaired) electrons. The van der Waals surface area contributed by atoms with Gasteiger partial charge in [0.2, 0.25) is 0 Å². The summed E-state index contributed by atoms with van der Waals surface area (Å²) in [5, 5.41) is 17.1. The predicted molar refractivity (Wildman–Crippen MR) is 68.6 cm³/mol. The highest BCUT2D eigenvalue weighted by atomic mass is 16.3. The second-order valence-electron chi connectivity index (χ2n) is 5.24. The molecule has 0 aromatic carbocycles. The minimum absolute atomic E-state index is 0.486. The molecule has 0 aromatic rings. The third-order valence-electron chi connectivity index (χ3n) is 3.90. The first-order chi connectivity index (χ1) is 7.59. The molecular weight excluding hydrogens is 200 g/mol. The minimum Gasteiger partial charge on any atom is -0.389 e. The molecule has 3 N–H and O–H groups in total. The SMILES string of the molecule is CCC(O)(CC)CNC(C)CC1CCCN1. The van der Waals surface area contributed by atoms with Crippen molar-refractivity contribution in [1.82, 2.24) is 10.6 Å². The van der Waals surface area contributed by atoms with Crippen LogP contribution in [0.3, 0.4) is 0 Å². The molecule has 96 valence electrons. The van der Waals surface area contributed by atoms with Gasteiger partial charge in [-0.3, -0.25) is 0 Å². The Hall–Kier alpha value is -0.120. The molecule has 0 aliphatic carbocycles. The Kier molecular flexibility index (Phi) is 5.73. The lowest BCUT2D eigenvalue weighted by atomic mass is 9.96. The average molecular weight is 228 g/mol. The molecule has 1 saturated heterocycles. The zero-order valence-electron chi connectivity index (χ0n) is 11.1. The Balaban J connectivity index is 2.20. The summed E-state index contributed by atoms with van der Waals surface area (Å²) >= 11 is 0. The molecule has 0 spiro atoms. The zero-order chi connectivity index (χ0) is 12.0. The molecule has 1 aliphatic rings. The van der Waals surface area contributed by atoms with Crippen molar-refractivity contribution in [2.45, 2.75) is 70.6 Å². The van der Waals surface area contributed by atoms with E-state index in [4.69, 9.17) is 0 Å². The molecule has 1 rings (SSSR count). The summed E-state index contributed by atoms with van der Waals surface area (Å²) in [4.78, 5) is 0. The molecular formula is C13H28N2O. The summed E-state index contributed by atoms with van der Waals surface area (Å²) in [5.41, 5.74) is -0.517. The smallest absolute Gasteiger partial charge is 0.0766 e. The molecule has 16 heavy (non-hydrogen) atoms. The van der Waals surface area contributed by atoms with Gasteiger partial charge in [0, 0.05) is 18.6 Å². The average Bonchev–Trinajstić information content (AvgIpc) is 2.79. The van der Waals surface area contributed by atoms with E-state index in [2.05, 4.69) is 17.6 Å². The van der Waals surface area contributed by atoms with Gasteiger partial charge >= 0.3 is 0 Å². The van der Waals surface area contributed by atoms with Crippen LogP contribution < -0.4 is 10.6 Å². The van der Waals surface area contributed by atoms with Crippen LogP contribution in [0, 0.1) is 0 Å². The molecule has 0 aromatic heterocycles. The van der Waals surface area contributed by atoms with E-state index in [0.717, 1.165) is 12.8 Å². The normalized spacial score (nSPS) is 23.6. The number of hydrogen-bond acceptors (Lipinski definition) is 3. The number of rotatable bonds is 7. The standard InChI is InChI=1S/C13H28N2O/c1-4-13(16,5-2)10-15-11(3)9-12-7-6-8-14-12/h11-12,14-16H,4-10H2,1-3H3. The van der Waals surface area contributed by atoms with Crippen LogP contribution in [0.1, 0.15) is 52.9 Å². The fraction of sp³-hybridized carbons (Fsp3) is 1.00. The van der Waals surface area contributed by atoms with Crippen LogP contribution >= 0.6 is 0 Å². The van der Waals surface area contributed by atoms with E-state index in [1.54, 1.807) is 0 Å². The van der Waals surface area contributed by atoms with Crippen molar-refractivity contribution in [2.75, 3.05) is 13.1 Å². The van der Waals surface area contributed by atoms with Gasteiger partial charge < -0.3 is 15.7 Å². The van der Waals surface area contributed by atoms with Gasteiger partial charge in [0.15, 0.2) is 0 Å². The quantitative estimate of drug-likeness (QED) is 0.621. The van der Waals surface area contributed by atoms with Crippen LogP contribution in [0.2, 0.25) is 0 Å². The first-order valence-electron chi connectivity index (χ1n) is 6.79. The van der Waals surface area contributed by atoms with Crippen molar-refractivity contribution in [3.05, 3.63) is 0 Å². The summed E-state index contributed by atoms with van der Waals surface area (Å²) in [6, 6.07) is 1.17. The van der Waals surface area contributed by atoms with E-state index in [0.29, 0.717) is 18.6 Å². The van der Waals surface area contributed by atoms with Crippen LogP contribution in [-0.2, 0) is 0 Å². The topological polar surface area (TPSA) is 44.3 Å². The lowest BCUT2D eigenvalue weighted by Crippen LogP contribution is -2.44. The first kappa shape index (κ1) is 13.9. The van der Waals surface area contributed by atoms with Crippen molar-refractivity contribution in [2.24, 2.45) is 0 Å². The third kappa shape index (κ3) is 4.40. The third-order valence-corrected chi connectivity index (χ3v) is 3.90. The van der Waals surface area contributed by atoms with Crippen LogP contribution in [-0.4, -0.2) is 35.9 Å². The lowest BCUT2D eigenvalue weighted by Gasteiger charge is -2.28. The predicted octanol–water partition coefficient (Wildman–Crippen LogP) is 1.66. The lowest BCUT2D eigenvalue weighted by molar-refractivity contribution is 0.0299. The second-order valence-corrected chi connectivity index (χ2v) is 5.24. The fourth-order valence-electron chi connectivity index (χ4n) is 2.33. The van der Waals surface area contributed by atoms with E-state index in [9.17, 15) is 5.11 Å². The minimum atomic E-state index is -0.517. The Morgan fingerprint density at radius 1 is 1.44 bits per heavy atom. The van der Waals surface area contributed by atoms with E-state index in [1.165, 1.54) is 25.8 Å². The molecule has 3 heteroatoms. The number of nitrogens with one attached hydrogen (secondary N) is 2. The zero-order valence-corrected chi connectivity index (χ0v) is 11.1. The monoisotopic (exact) mass is 228 g/mol. The highest BCUT2D eigenvalue weighted by Gasteiger charge is 2.23. The van der Waals surface area contributed by atoms with Crippen LogP contribution in [0.15, 0.2) is 0 Å². The molecule has 2 unspecified atom stereocenters. The van der Waals surface area contributed by atoms with Gasteiger partial charge in [-0.2, -0.15) is 0 Å². The van der Waals surface area contributed by atoms with Gasteiger partial charge in [-0.25, -0.2) is 0 Å². The van der Waals surface area contributed by atoms with Gasteiger partial charge in [0.25, 0.3) is 0 Å². The van der Waals surface area contributed by atoms with Crippen molar-refractivity contribution in [3.63, 3.8) is 0 Å². The molecule has 1 fully saturated rings. The summed E-state index contributed by atoms with van der Waals surface area (Å²) in [6.45, 7) is 8.20. The van der Waals surface area contributed by atoms with E-state index >= 15 is 0 Å². The maximum atomic E-state index is 10.2. The Bertz CT molecular complexity index is 186. The molecule has 3 nitrogen and oxygen atoms in total. The Labute approximate surface area is 100 Å². The Morgan fingerprint density at radius 3 is 2.62 bits per heavy atom. The summed E-state index contributed by atoms with van der Waals surface area (Å²) < 4.78 is 0. The van der Waals surface area contributed by atoms with Gasteiger partial charge in [-0.1, -0.05) is 13.8 Å². The maximum Gasteiger partial charge on any atom is 0.0766 e. The highest BCUT2D eigenvalue weighted by molar-refractivity contribution is 4.82. The molecule has 2 atom stereocenters. The molecule has 1 aliphatic heterocycles. The molecule has 0 amide bonds. The molecule has 0 saturated carbocycles. The van der Waals surface area contributed by atoms with Gasteiger partial charge in [-0.05, 0) is 45.6 Å². The van der Waals surface area contributed by atoms with Crippen LogP contribution in [0.4, 0.5) is 0 Å². The highest BCUT2D eigenvalue weighted by Crippen LogP contribution is 2.15. The first-order valence-corrected chi connectivity index (χ1v) is 6.79.